The van der Waals surface area contributed by atoms with Gasteiger partial charge in [0.05, 0.1) is 6.04 Å². The number of aliphatic imine (C=N–C) groups is 1. The lowest BCUT2D eigenvalue weighted by molar-refractivity contribution is 0.219. The van der Waals surface area contributed by atoms with Crippen molar-refractivity contribution in [3.8, 4) is 0 Å². The quantitative estimate of drug-likeness (QED) is 0.355. The molecule has 1 aliphatic heterocycles. The zero-order valence-electron chi connectivity index (χ0n) is 17.6. The molecule has 5 heteroatoms. The van der Waals surface area contributed by atoms with Gasteiger partial charge in [0.25, 0.3) is 0 Å². The molecule has 1 aromatic carbocycles. The standard InChI is InChI=1S/C22H39N5/c1-4-27(5-2)21(20-13-7-6-8-14-20)19-25-22(23-3)24-15-9-10-16-26-17-11-12-18-26/h6-8,13-14,21H,4-5,9-12,15-19H2,1-3H3,(H2,23,24,25). The summed E-state index contributed by atoms with van der Waals surface area (Å²) in [6.45, 7) is 12.2. The number of guanidine groups is 1. The van der Waals surface area contributed by atoms with E-state index in [0.29, 0.717) is 6.04 Å². The Labute approximate surface area is 166 Å². The second-order valence-corrected chi connectivity index (χ2v) is 7.28. The highest BCUT2D eigenvalue weighted by Gasteiger charge is 2.18. The number of likely N-dealkylation sites (tertiary alicyclic amines) is 1. The molecule has 1 aliphatic rings. The highest BCUT2D eigenvalue weighted by molar-refractivity contribution is 5.79. The zero-order valence-corrected chi connectivity index (χ0v) is 17.6. The number of hydrogen-bond donors (Lipinski definition) is 2. The summed E-state index contributed by atoms with van der Waals surface area (Å²) in [5, 5.41) is 7.01. The maximum Gasteiger partial charge on any atom is 0.191 e. The summed E-state index contributed by atoms with van der Waals surface area (Å²) >= 11 is 0. The predicted octanol–water partition coefficient (Wildman–Crippen LogP) is 3.11. The second kappa shape index (κ2) is 12.7. The Kier molecular flexibility index (Phi) is 10.2. The molecule has 1 heterocycles. The summed E-state index contributed by atoms with van der Waals surface area (Å²) in [5.74, 6) is 0.907. The Hall–Kier alpha value is -1.59. The van der Waals surface area contributed by atoms with Crippen molar-refractivity contribution >= 4 is 5.96 Å². The van der Waals surface area contributed by atoms with Gasteiger partial charge in [0, 0.05) is 20.1 Å². The molecular weight excluding hydrogens is 334 g/mol. The van der Waals surface area contributed by atoms with E-state index in [1.54, 1.807) is 0 Å². The van der Waals surface area contributed by atoms with Crippen LogP contribution in [-0.2, 0) is 0 Å². The van der Waals surface area contributed by atoms with Crippen LogP contribution in [0.1, 0.15) is 51.1 Å². The van der Waals surface area contributed by atoms with Gasteiger partial charge in [-0.05, 0) is 64.0 Å². The second-order valence-electron chi connectivity index (χ2n) is 7.28. The first kappa shape index (κ1) is 21.7. The van der Waals surface area contributed by atoms with Crippen LogP contribution in [0.25, 0.3) is 0 Å². The number of likely N-dealkylation sites (N-methyl/N-ethyl adjacent to an activating group) is 1. The molecule has 152 valence electrons. The van der Waals surface area contributed by atoms with Gasteiger partial charge in [0.2, 0.25) is 0 Å². The Bertz CT molecular complexity index is 521. The van der Waals surface area contributed by atoms with Crippen LogP contribution in [0.5, 0.6) is 0 Å². The monoisotopic (exact) mass is 373 g/mol. The number of hydrogen-bond acceptors (Lipinski definition) is 3. The molecule has 0 bridgehead atoms. The van der Waals surface area contributed by atoms with Gasteiger partial charge in [0.1, 0.15) is 0 Å². The maximum absolute atomic E-state index is 4.41. The molecule has 0 saturated carbocycles. The van der Waals surface area contributed by atoms with Crippen LogP contribution in [0.3, 0.4) is 0 Å². The van der Waals surface area contributed by atoms with E-state index in [1.807, 2.05) is 7.05 Å². The molecule has 5 nitrogen and oxygen atoms in total. The van der Waals surface area contributed by atoms with Crippen molar-refractivity contribution < 1.29 is 0 Å². The molecule has 2 N–H and O–H groups in total. The molecule has 1 unspecified atom stereocenters. The summed E-state index contributed by atoms with van der Waals surface area (Å²) in [4.78, 5) is 9.48. The fourth-order valence-corrected chi connectivity index (χ4v) is 3.88. The van der Waals surface area contributed by atoms with E-state index in [0.717, 1.165) is 32.1 Å². The van der Waals surface area contributed by atoms with E-state index >= 15 is 0 Å². The minimum atomic E-state index is 0.356. The molecule has 1 aromatic rings. The summed E-state index contributed by atoms with van der Waals surface area (Å²) in [6.07, 6.45) is 5.21. The lowest BCUT2D eigenvalue weighted by atomic mass is 10.1. The summed E-state index contributed by atoms with van der Waals surface area (Å²) in [7, 11) is 1.86. The highest BCUT2D eigenvalue weighted by atomic mass is 15.2. The van der Waals surface area contributed by atoms with Crippen molar-refractivity contribution in [1.29, 1.82) is 0 Å². The molecule has 1 saturated heterocycles. The average Bonchev–Trinajstić information content (AvgIpc) is 3.23. The third-order valence-corrected chi connectivity index (χ3v) is 5.52. The van der Waals surface area contributed by atoms with Crippen LogP contribution in [0, 0.1) is 0 Å². The van der Waals surface area contributed by atoms with Gasteiger partial charge in [0.15, 0.2) is 5.96 Å². The molecule has 0 spiro atoms. The SMILES string of the molecule is CCN(CC)C(CNC(=NC)NCCCCN1CCCC1)c1ccccc1. The minimum absolute atomic E-state index is 0.356. The van der Waals surface area contributed by atoms with Crippen molar-refractivity contribution in [2.45, 2.75) is 45.6 Å². The Balaban J connectivity index is 1.75. The van der Waals surface area contributed by atoms with Gasteiger partial charge in [-0.3, -0.25) is 9.89 Å². The summed E-state index contributed by atoms with van der Waals surface area (Å²) < 4.78 is 0. The number of benzene rings is 1. The van der Waals surface area contributed by atoms with Crippen LogP contribution in [0.15, 0.2) is 35.3 Å². The van der Waals surface area contributed by atoms with E-state index in [1.165, 1.54) is 50.9 Å². The lowest BCUT2D eigenvalue weighted by Gasteiger charge is -2.30. The van der Waals surface area contributed by atoms with E-state index in [-0.39, 0.29) is 0 Å². The summed E-state index contributed by atoms with van der Waals surface area (Å²) in [6, 6.07) is 11.1. The van der Waals surface area contributed by atoms with Crippen LogP contribution < -0.4 is 10.6 Å². The van der Waals surface area contributed by atoms with Crippen LogP contribution >= 0.6 is 0 Å². The van der Waals surface area contributed by atoms with Crippen LogP contribution in [-0.4, -0.2) is 68.6 Å². The van der Waals surface area contributed by atoms with Gasteiger partial charge in [-0.25, -0.2) is 0 Å². The van der Waals surface area contributed by atoms with Crippen LogP contribution in [0.2, 0.25) is 0 Å². The number of rotatable bonds is 11. The highest BCUT2D eigenvalue weighted by Crippen LogP contribution is 2.19. The third kappa shape index (κ3) is 7.51. The molecule has 0 aliphatic carbocycles. The minimum Gasteiger partial charge on any atom is -0.356 e. The first-order chi connectivity index (χ1) is 13.3. The topological polar surface area (TPSA) is 42.9 Å². The van der Waals surface area contributed by atoms with Gasteiger partial charge in [-0.1, -0.05) is 44.2 Å². The van der Waals surface area contributed by atoms with Crippen molar-refractivity contribution in [1.82, 2.24) is 20.4 Å². The molecule has 27 heavy (non-hydrogen) atoms. The smallest absolute Gasteiger partial charge is 0.191 e. The van der Waals surface area contributed by atoms with Crippen molar-refractivity contribution in [2.24, 2.45) is 4.99 Å². The first-order valence-corrected chi connectivity index (χ1v) is 10.7. The van der Waals surface area contributed by atoms with Crippen molar-refractivity contribution in [3.63, 3.8) is 0 Å². The Morgan fingerprint density at radius 2 is 1.78 bits per heavy atom. The lowest BCUT2D eigenvalue weighted by Crippen LogP contribution is -2.43. The molecule has 1 atom stereocenters. The molecular formula is C22H39N5. The van der Waals surface area contributed by atoms with E-state index < -0.39 is 0 Å². The van der Waals surface area contributed by atoms with Gasteiger partial charge in [-0.15, -0.1) is 0 Å². The van der Waals surface area contributed by atoms with Gasteiger partial charge < -0.3 is 15.5 Å². The van der Waals surface area contributed by atoms with Crippen molar-refractivity contribution in [2.75, 3.05) is 52.9 Å². The van der Waals surface area contributed by atoms with Gasteiger partial charge in [-0.2, -0.15) is 0 Å². The number of nitrogens with zero attached hydrogens (tertiary/aromatic N) is 3. The van der Waals surface area contributed by atoms with E-state index in [9.17, 15) is 0 Å². The fraction of sp³-hybridized carbons (Fsp3) is 0.682. The Morgan fingerprint density at radius 3 is 2.41 bits per heavy atom. The van der Waals surface area contributed by atoms with E-state index in [4.69, 9.17) is 0 Å². The van der Waals surface area contributed by atoms with Gasteiger partial charge >= 0.3 is 0 Å². The molecule has 1 fully saturated rings. The molecule has 0 aromatic heterocycles. The molecule has 2 rings (SSSR count). The first-order valence-electron chi connectivity index (χ1n) is 10.7. The fourth-order valence-electron chi connectivity index (χ4n) is 3.88. The zero-order chi connectivity index (χ0) is 19.3. The Morgan fingerprint density at radius 1 is 1.07 bits per heavy atom. The van der Waals surface area contributed by atoms with Crippen LogP contribution in [0.4, 0.5) is 0 Å². The molecule has 0 radical (unpaired) electrons. The van der Waals surface area contributed by atoms with Crippen molar-refractivity contribution in [3.05, 3.63) is 35.9 Å². The molecule has 0 amide bonds. The summed E-state index contributed by atoms with van der Waals surface area (Å²) in [5.41, 5.74) is 1.36. The number of nitrogens with one attached hydrogen (secondary N) is 2. The number of unbranched alkanes of at least 4 members (excludes halogenated alkanes) is 1. The predicted molar refractivity (Wildman–Crippen MR) is 116 cm³/mol. The third-order valence-electron chi connectivity index (χ3n) is 5.52. The van der Waals surface area contributed by atoms with E-state index in [2.05, 4.69) is 69.6 Å². The largest absolute Gasteiger partial charge is 0.356 e. The average molecular weight is 374 g/mol. The maximum atomic E-state index is 4.41. The normalized spacial score (nSPS) is 16.7.